The molecule has 0 spiro atoms. The van der Waals surface area contributed by atoms with E-state index in [0.29, 0.717) is 9.99 Å². The summed E-state index contributed by atoms with van der Waals surface area (Å²) in [7, 11) is -3.72. The Labute approximate surface area is 118 Å². The van der Waals surface area contributed by atoms with Crippen molar-refractivity contribution in [1.82, 2.24) is 4.31 Å². The second-order valence-electron chi connectivity index (χ2n) is 3.76. The molecule has 6 nitrogen and oxygen atoms in total. The molecule has 1 aromatic carbocycles. The zero-order valence-corrected chi connectivity index (χ0v) is 12.3. The standard InChI is InChI=1S/C10H9IN2O4S/c1-18(16,17)12-6-9(14)13(10(12)15)8-4-2-3-7(11)5-8/h2-5H,6H2,1H3. The van der Waals surface area contributed by atoms with Gasteiger partial charge in [-0.05, 0) is 40.8 Å². The van der Waals surface area contributed by atoms with E-state index in [4.69, 9.17) is 0 Å². The van der Waals surface area contributed by atoms with Crippen molar-refractivity contribution in [3.63, 3.8) is 0 Å². The fraction of sp³-hybridized carbons (Fsp3) is 0.200. The molecule has 0 radical (unpaired) electrons. The Bertz CT molecular complexity index is 629. The first-order valence-corrected chi connectivity index (χ1v) is 7.83. The third-order valence-corrected chi connectivity index (χ3v) is 4.16. The highest BCUT2D eigenvalue weighted by molar-refractivity contribution is 14.1. The number of hydrogen-bond acceptors (Lipinski definition) is 4. The number of sulfonamides is 1. The van der Waals surface area contributed by atoms with Gasteiger partial charge in [-0.25, -0.2) is 22.4 Å². The molecule has 1 heterocycles. The highest BCUT2D eigenvalue weighted by Crippen LogP contribution is 2.24. The number of halogens is 1. The first-order valence-electron chi connectivity index (χ1n) is 4.91. The van der Waals surface area contributed by atoms with Gasteiger partial charge in [-0.15, -0.1) is 0 Å². The van der Waals surface area contributed by atoms with Crippen molar-refractivity contribution in [3.8, 4) is 0 Å². The maximum absolute atomic E-state index is 11.9. The molecule has 0 N–H and O–H groups in total. The lowest BCUT2D eigenvalue weighted by Gasteiger charge is -2.15. The minimum Gasteiger partial charge on any atom is -0.272 e. The van der Waals surface area contributed by atoms with Crippen LogP contribution < -0.4 is 4.90 Å². The average Bonchev–Trinajstić information content (AvgIpc) is 2.54. The van der Waals surface area contributed by atoms with E-state index in [1.165, 1.54) is 0 Å². The third kappa shape index (κ3) is 2.34. The average molecular weight is 380 g/mol. The summed E-state index contributed by atoms with van der Waals surface area (Å²) in [5.74, 6) is -0.549. The summed E-state index contributed by atoms with van der Waals surface area (Å²) in [6.45, 7) is -0.441. The molecule has 96 valence electrons. The molecule has 1 saturated heterocycles. The normalized spacial score (nSPS) is 16.6. The van der Waals surface area contributed by atoms with Gasteiger partial charge in [0.15, 0.2) is 0 Å². The van der Waals surface area contributed by atoms with Gasteiger partial charge in [-0.2, -0.15) is 0 Å². The number of imide groups is 1. The second-order valence-corrected chi connectivity index (χ2v) is 6.91. The molecule has 2 rings (SSSR count). The minimum atomic E-state index is -3.72. The van der Waals surface area contributed by atoms with Crippen molar-refractivity contribution >= 4 is 50.2 Å². The number of anilines is 1. The van der Waals surface area contributed by atoms with Crippen molar-refractivity contribution in [2.45, 2.75) is 0 Å². The Morgan fingerprint density at radius 2 is 1.94 bits per heavy atom. The Hall–Kier alpha value is -1.16. The molecule has 0 unspecified atom stereocenters. The molecule has 8 heteroatoms. The summed E-state index contributed by atoms with van der Waals surface area (Å²) in [5.41, 5.74) is 0.378. The van der Waals surface area contributed by atoms with Gasteiger partial charge in [0.2, 0.25) is 10.0 Å². The van der Waals surface area contributed by atoms with Crippen LogP contribution >= 0.6 is 22.6 Å². The molecule has 1 fully saturated rings. The van der Waals surface area contributed by atoms with Crippen LogP contribution in [-0.4, -0.2) is 37.5 Å². The fourth-order valence-electron chi connectivity index (χ4n) is 1.61. The zero-order valence-electron chi connectivity index (χ0n) is 9.33. The van der Waals surface area contributed by atoms with E-state index in [0.717, 1.165) is 14.7 Å². The Morgan fingerprint density at radius 3 is 2.44 bits per heavy atom. The molecule has 0 atom stereocenters. The molecule has 0 aliphatic carbocycles. The molecule has 3 amide bonds. The number of carbonyl (C=O) groups is 2. The number of benzene rings is 1. The molecule has 18 heavy (non-hydrogen) atoms. The quantitative estimate of drug-likeness (QED) is 0.567. The largest absolute Gasteiger partial charge is 0.345 e. The van der Waals surface area contributed by atoms with Crippen molar-refractivity contribution in [1.29, 1.82) is 0 Å². The first kappa shape index (κ1) is 13.3. The predicted octanol–water partition coefficient (Wildman–Crippen LogP) is 1.02. The van der Waals surface area contributed by atoms with Gasteiger partial charge in [0.25, 0.3) is 5.91 Å². The van der Waals surface area contributed by atoms with Crippen LogP contribution in [-0.2, 0) is 14.8 Å². The lowest BCUT2D eigenvalue weighted by Crippen LogP contribution is -2.36. The highest BCUT2D eigenvalue weighted by Gasteiger charge is 2.41. The summed E-state index contributed by atoms with van der Waals surface area (Å²) in [6, 6.07) is 5.90. The molecule has 1 aromatic rings. The smallest absolute Gasteiger partial charge is 0.272 e. The summed E-state index contributed by atoms with van der Waals surface area (Å²) in [4.78, 5) is 24.6. The number of nitrogens with zero attached hydrogens (tertiary/aromatic N) is 2. The van der Waals surface area contributed by atoms with Crippen LogP contribution in [0.4, 0.5) is 10.5 Å². The second kappa shape index (κ2) is 4.50. The molecule has 0 aromatic heterocycles. The zero-order chi connectivity index (χ0) is 13.5. The van der Waals surface area contributed by atoms with Crippen LogP contribution in [0, 0.1) is 3.57 Å². The number of amides is 3. The van der Waals surface area contributed by atoms with Gasteiger partial charge in [0.05, 0.1) is 11.9 Å². The number of hydrogen-bond donors (Lipinski definition) is 0. The van der Waals surface area contributed by atoms with Gasteiger partial charge in [-0.1, -0.05) is 6.07 Å². The van der Waals surface area contributed by atoms with Gasteiger partial charge in [0.1, 0.15) is 6.54 Å². The van der Waals surface area contributed by atoms with Crippen LogP contribution in [0.2, 0.25) is 0 Å². The van der Waals surface area contributed by atoms with Crippen molar-refractivity contribution in [2.24, 2.45) is 0 Å². The summed E-state index contributed by atoms with van der Waals surface area (Å²) in [5, 5.41) is 0. The number of carbonyl (C=O) groups excluding carboxylic acids is 2. The molecule has 1 aliphatic heterocycles. The van der Waals surface area contributed by atoms with Gasteiger partial charge < -0.3 is 0 Å². The van der Waals surface area contributed by atoms with E-state index in [1.807, 2.05) is 28.7 Å². The van der Waals surface area contributed by atoms with Crippen molar-refractivity contribution < 1.29 is 18.0 Å². The lowest BCUT2D eigenvalue weighted by molar-refractivity contribution is -0.116. The van der Waals surface area contributed by atoms with E-state index in [2.05, 4.69) is 0 Å². The molecule has 0 bridgehead atoms. The van der Waals surface area contributed by atoms with Crippen LogP contribution in [0.3, 0.4) is 0 Å². The van der Waals surface area contributed by atoms with E-state index in [1.54, 1.807) is 18.2 Å². The van der Waals surface area contributed by atoms with Gasteiger partial charge in [0, 0.05) is 3.57 Å². The maximum Gasteiger partial charge on any atom is 0.345 e. The van der Waals surface area contributed by atoms with Crippen LogP contribution in [0.25, 0.3) is 0 Å². The van der Waals surface area contributed by atoms with Crippen molar-refractivity contribution in [3.05, 3.63) is 27.8 Å². The summed E-state index contributed by atoms with van der Waals surface area (Å²) in [6.07, 6.45) is 0.899. The summed E-state index contributed by atoms with van der Waals surface area (Å²) >= 11 is 2.05. The Morgan fingerprint density at radius 1 is 1.28 bits per heavy atom. The highest BCUT2D eigenvalue weighted by atomic mass is 127. The van der Waals surface area contributed by atoms with Gasteiger partial charge >= 0.3 is 6.03 Å². The third-order valence-electron chi connectivity index (χ3n) is 2.40. The number of rotatable bonds is 2. The Kier molecular flexibility index (Phi) is 3.32. The molecule has 0 saturated carbocycles. The van der Waals surface area contributed by atoms with Crippen LogP contribution in [0.5, 0.6) is 0 Å². The first-order chi connectivity index (χ1) is 8.30. The van der Waals surface area contributed by atoms with E-state index >= 15 is 0 Å². The predicted molar refractivity (Wildman–Crippen MR) is 73.6 cm³/mol. The molecular weight excluding hydrogens is 371 g/mol. The minimum absolute atomic E-state index is 0.378. The van der Waals surface area contributed by atoms with Crippen molar-refractivity contribution in [2.75, 3.05) is 17.7 Å². The lowest BCUT2D eigenvalue weighted by atomic mass is 10.3. The maximum atomic E-state index is 11.9. The monoisotopic (exact) mass is 380 g/mol. The van der Waals surface area contributed by atoms with Crippen LogP contribution in [0.15, 0.2) is 24.3 Å². The molecular formula is C10H9IN2O4S. The number of urea groups is 1. The van der Waals surface area contributed by atoms with E-state index < -0.39 is 28.5 Å². The molecule has 1 aliphatic rings. The van der Waals surface area contributed by atoms with E-state index in [-0.39, 0.29) is 0 Å². The summed E-state index contributed by atoms with van der Waals surface area (Å²) < 4.78 is 24.1. The fourth-order valence-corrected chi connectivity index (χ4v) is 2.85. The van der Waals surface area contributed by atoms with Crippen LogP contribution in [0.1, 0.15) is 0 Å². The van der Waals surface area contributed by atoms with Gasteiger partial charge in [-0.3, -0.25) is 4.79 Å². The Balaban J connectivity index is 2.42. The van der Waals surface area contributed by atoms with E-state index in [9.17, 15) is 18.0 Å². The topological polar surface area (TPSA) is 74.8 Å². The SMILES string of the molecule is CS(=O)(=O)N1CC(=O)N(c2cccc(I)c2)C1=O.